The zero-order valence-corrected chi connectivity index (χ0v) is 25.5. The number of phenolic OH excluding ortho intramolecular Hbond substituents is 1. The molecule has 0 unspecified atom stereocenters. The van der Waals surface area contributed by atoms with Crippen LogP contribution in [0.4, 0.5) is 80.3 Å². The fraction of sp³-hybridized carbons (Fsp3) is 0.0625. The monoisotopic (exact) mass is 763 g/mol. The van der Waals surface area contributed by atoms with Crippen molar-refractivity contribution < 1.29 is 84.6 Å². The van der Waals surface area contributed by atoms with Gasteiger partial charge in [-0.15, -0.1) is 16.4 Å². The largest absolute Gasteiger partial charge is 0.505 e. The minimum atomic E-state index is -6.50. The van der Waals surface area contributed by atoms with Gasteiger partial charge in [-0.1, -0.05) is 24.3 Å². The SMILES string of the molecule is C[NH+](C)c1ccccc1.Oc1ccc([B-](c2c(F)c(F)c(F)c(F)c2F)(c2c(F)c(F)c(F)c(F)c2F)c2c(F)c(F)c(F)c(F)c2F)c(F)c1F. The molecule has 0 saturated heterocycles. The topological polar surface area (TPSA) is 24.7 Å². The highest BCUT2D eigenvalue weighted by molar-refractivity contribution is 7.20. The fourth-order valence-electron chi connectivity index (χ4n) is 5.57. The van der Waals surface area contributed by atoms with Gasteiger partial charge >= 0.3 is 0 Å². The zero-order chi connectivity index (χ0) is 39.3. The molecule has 276 valence electrons. The minimum Gasteiger partial charge on any atom is -0.505 e. The molecule has 0 spiro atoms. The highest BCUT2D eigenvalue weighted by Gasteiger charge is 2.50. The Bertz CT molecular complexity index is 1980. The number of halogens is 17. The van der Waals surface area contributed by atoms with Crippen LogP contribution in [-0.2, 0) is 0 Å². The van der Waals surface area contributed by atoms with Crippen LogP contribution in [0, 0.1) is 98.9 Å². The maximum atomic E-state index is 15.4. The van der Waals surface area contributed by atoms with Gasteiger partial charge in [-0.05, 0) is 18.2 Å². The first-order valence-electron chi connectivity index (χ1n) is 13.9. The van der Waals surface area contributed by atoms with Crippen molar-refractivity contribution in [2.75, 3.05) is 14.1 Å². The number of para-hydroxylation sites is 1. The van der Waals surface area contributed by atoms with Crippen LogP contribution in [0.25, 0.3) is 0 Å². The molecule has 2 N–H and O–H groups in total. The molecular formula is C32H15BF17NO. The number of nitrogens with one attached hydrogen (secondary N) is 1. The van der Waals surface area contributed by atoms with Crippen molar-refractivity contribution in [3.8, 4) is 5.75 Å². The summed E-state index contributed by atoms with van der Waals surface area (Å²) in [6.07, 6.45) is -6.50. The summed E-state index contributed by atoms with van der Waals surface area (Å²) in [5.41, 5.74) is -10.6. The number of hydrogen-bond acceptors (Lipinski definition) is 1. The first-order valence-corrected chi connectivity index (χ1v) is 13.9. The molecule has 20 heteroatoms. The van der Waals surface area contributed by atoms with E-state index in [1.807, 2.05) is 6.07 Å². The summed E-state index contributed by atoms with van der Waals surface area (Å²) in [5, 5.41) is 9.44. The van der Waals surface area contributed by atoms with E-state index in [2.05, 4.69) is 38.4 Å². The van der Waals surface area contributed by atoms with E-state index < -0.39 is 133 Å². The molecule has 5 aromatic carbocycles. The fourth-order valence-corrected chi connectivity index (χ4v) is 5.57. The third kappa shape index (κ3) is 5.97. The van der Waals surface area contributed by atoms with Gasteiger partial charge in [-0.2, -0.15) is 9.85 Å². The summed E-state index contributed by atoms with van der Waals surface area (Å²) in [6.45, 7) is 0. The Labute approximate surface area is 279 Å². The van der Waals surface area contributed by atoms with Crippen LogP contribution in [0.1, 0.15) is 0 Å². The molecule has 5 rings (SSSR count). The Hall–Kier alpha value is -5.27. The van der Waals surface area contributed by atoms with E-state index in [1.165, 1.54) is 10.6 Å². The lowest BCUT2D eigenvalue weighted by atomic mass is 9.12. The van der Waals surface area contributed by atoms with Crippen LogP contribution < -0.4 is 26.8 Å². The molecule has 0 fully saturated rings. The van der Waals surface area contributed by atoms with Crippen LogP contribution in [0.15, 0.2) is 42.5 Å². The molecule has 52 heavy (non-hydrogen) atoms. The van der Waals surface area contributed by atoms with E-state index in [9.17, 15) is 49.0 Å². The number of hydrogen-bond donors (Lipinski definition) is 2. The van der Waals surface area contributed by atoms with Gasteiger partial charge in [-0.25, -0.2) is 70.2 Å². The van der Waals surface area contributed by atoms with Crippen LogP contribution in [0.2, 0.25) is 0 Å². The van der Waals surface area contributed by atoms with Crippen molar-refractivity contribution >= 4 is 33.7 Å². The molecule has 0 aromatic heterocycles. The summed E-state index contributed by atoms with van der Waals surface area (Å²) in [5.74, 6) is -57.3. The first kappa shape index (κ1) is 39.5. The summed E-state index contributed by atoms with van der Waals surface area (Å²) in [7, 11) is 4.24. The summed E-state index contributed by atoms with van der Waals surface area (Å²) < 4.78 is 251. The molecule has 0 heterocycles. The molecule has 0 aliphatic rings. The quantitative estimate of drug-likeness (QED) is 0.104. The molecule has 0 aliphatic carbocycles. The van der Waals surface area contributed by atoms with E-state index in [4.69, 9.17) is 0 Å². The van der Waals surface area contributed by atoms with Gasteiger partial charge in [0.25, 0.3) is 0 Å². The molecule has 0 saturated carbocycles. The van der Waals surface area contributed by atoms with Gasteiger partial charge in [0.05, 0.1) is 14.1 Å². The van der Waals surface area contributed by atoms with E-state index in [1.54, 1.807) is 0 Å². The molecule has 0 aliphatic heterocycles. The van der Waals surface area contributed by atoms with Gasteiger partial charge in [-0.3, -0.25) is 0 Å². The number of quaternary nitrogens is 1. The second-order valence-corrected chi connectivity index (χ2v) is 11.0. The Morgan fingerprint density at radius 2 is 0.654 bits per heavy atom. The average Bonchev–Trinajstić information content (AvgIpc) is 3.12. The molecule has 0 bridgehead atoms. The van der Waals surface area contributed by atoms with Crippen molar-refractivity contribution in [1.29, 1.82) is 0 Å². The van der Waals surface area contributed by atoms with Crippen LogP contribution in [0.3, 0.4) is 0 Å². The standard InChI is InChI=1S/C24H3BF17O.C8H11N/c26-8-3(1-2-4(43)9(8)27)25(5-10(28)16(34)22(40)17(35)11(5)29,6-12(30)18(36)23(41)19(37)13(6)31)7-14(32)20(38)24(42)21(39)15(7)33;1-9(2)8-6-4-3-5-7-8/h1-2,43H;3-7H,1-2H3/q-1;/p+1. The van der Waals surface area contributed by atoms with Gasteiger partial charge < -0.3 is 10.0 Å². The number of benzene rings is 5. The summed E-state index contributed by atoms with van der Waals surface area (Å²) in [6, 6.07) is 9.83. The minimum absolute atomic E-state index is 0.186. The van der Waals surface area contributed by atoms with Crippen molar-refractivity contribution in [3.05, 3.63) is 141 Å². The lowest BCUT2D eigenvalue weighted by molar-refractivity contribution is -0.786. The second-order valence-electron chi connectivity index (χ2n) is 11.0. The Morgan fingerprint density at radius 3 is 0.923 bits per heavy atom. The van der Waals surface area contributed by atoms with Crippen LogP contribution in [0.5, 0.6) is 5.75 Å². The molecule has 0 amide bonds. The average molecular weight is 763 g/mol. The predicted molar refractivity (Wildman–Crippen MR) is 150 cm³/mol. The number of rotatable bonds is 5. The maximum Gasteiger partial charge on any atom is 0.200 e. The van der Waals surface area contributed by atoms with Crippen molar-refractivity contribution in [3.63, 3.8) is 0 Å². The summed E-state index contributed by atoms with van der Waals surface area (Å²) in [4.78, 5) is 1.37. The highest BCUT2D eigenvalue weighted by atomic mass is 19.2. The number of phenols is 1. The molecule has 2 nitrogen and oxygen atoms in total. The molecular weight excluding hydrogens is 748 g/mol. The van der Waals surface area contributed by atoms with E-state index in [0.717, 1.165) is 0 Å². The van der Waals surface area contributed by atoms with Gasteiger partial charge in [0.2, 0.25) is 0 Å². The Balaban J connectivity index is 0.000000585. The van der Waals surface area contributed by atoms with Crippen molar-refractivity contribution in [2.24, 2.45) is 0 Å². The molecule has 0 radical (unpaired) electrons. The Morgan fingerprint density at radius 1 is 0.365 bits per heavy atom. The van der Waals surface area contributed by atoms with Crippen molar-refractivity contribution in [1.82, 2.24) is 0 Å². The first-order chi connectivity index (χ1) is 24.2. The van der Waals surface area contributed by atoms with E-state index in [0.29, 0.717) is 0 Å². The highest BCUT2D eigenvalue weighted by Crippen LogP contribution is 2.30. The van der Waals surface area contributed by atoms with Crippen molar-refractivity contribution in [2.45, 2.75) is 0 Å². The van der Waals surface area contributed by atoms with Gasteiger partial charge in [0.1, 0.15) is 52.6 Å². The number of aromatic hydroxyl groups is 1. The predicted octanol–water partition coefficient (Wildman–Crippen LogP) is 5.60. The summed E-state index contributed by atoms with van der Waals surface area (Å²) >= 11 is 0. The van der Waals surface area contributed by atoms with E-state index >= 15 is 30.7 Å². The second kappa shape index (κ2) is 14.4. The smallest absolute Gasteiger partial charge is 0.200 e. The third-order valence-corrected chi connectivity index (χ3v) is 7.94. The lowest BCUT2D eigenvalue weighted by Gasteiger charge is -2.44. The van der Waals surface area contributed by atoms with Gasteiger partial charge in [0.15, 0.2) is 63.9 Å². The normalized spacial score (nSPS) is 11.6. The van der Waals surface area contributed by atoms with E-state index in [-0.39, 0.29) is 12.1 Å². The zero-order valence-electron chi connectivity index (χ0n) is 25.5. The van der Waals surface area contributed by atoms with Gasteiger partial charge in [0, 0.05) is 0 Å². The third-order valence-electron chi connectivity index (χ3n) is 7.94. The Kier molecular flexibility index (Phi) is 10.9. The maximum absolute atomic E-state index is 15.4. The molecule has 0 atom stereocenters. The van der Waals surface area contributed by atoms with Crippen LogP contribution in [-0.4, -0.2) is 25.3 Å². The molecule has 5 aromatic rings. The lowest BCUT2D eigenvalue weighted by Crippen LogP contribution is -3.00. The van der Waals surface area contributed by atoms with Crippen LogP contribution >= 0.6 is 0 Å².